The number of pyridine rings is 1. The van der Waals surface area contributed by atoms with Crippen molar-refractivity contribution in [3.63, 3.8) is 0 Å². The molecule has 0 saturated heterocycles. The summed E-state index contributed by atoms with van der Waals surface area (Å²) < 4.78 is 5.42. The van der Waals surface area contributed by atoms with E-state index in [9.17, 15) is 0 Å². The molecule has 1 aromatic heterocycles. The summed E-state index contributed by atoms with van der Waals surface area (Å²) in [7, 11) is 0. The third-order valence-corrected chi connectivity index (χ3v) is 2.38. The van der Waals surface area contributed by atoms with E-state index in [1.807, 2.05) is 0 Å². The Morgan fingerprint density at radius 3 is 2.93 bits per heavy atom. The number of nitrogens with one attached hydrogen (secondary N) is 1. The van der Waals surface area contributed by atoms with Crippen LogP contribution in [0, 0.1) is 0 Å². The lowest BCUT2D eigenvalue weighted by Gasteiger charge is -2.11. The van der Waals surface area contributed by atoms with Crippen molar-refractivity contribution in [3.05, 3.63) is 23.4 Å². The van der Waals surface area contributed by atoms with E-state index in [4.69, 9.17) is 16.3 Å². The number of hydrogen-bond acceptors (Lipinski definition) is 3. The van der Waals surface area contributed by atoms with Crippen molar-refractivity contribution in [1.82, 2.24) is 10.3 Å². The first-order valence-corrected chi connectivity index (χ1v) is 5.58. The topological polar surface area (TPSA) is 34.1 Å². The number of aromatic nitrogens is 1. The fraction of sp³-hybridized carbons (Fsp3) is 0.545. The van der Waals surface area contributed by atoms with Crippen molar-refractivity contribution in [2.45, 2.75) is 26.3 Å². The van der Waals surface area contributed by atoms with Gasteiger partial charge in [-0.15, -0.1) is 0 Å². The second-order valence-electron chi connectivity index (χ2n) is 3.43. The zero-order valence-electron chi connectivity index (χ0n) is 9.16. The van der Waals surface area contributed by atoms with Crippen LogP contribution in [0.15, 0.2) is 18.3 Å². The SMILES string of the molecule is CCC(C)NCCOc1ccc(Cl)cn1. The quantitative estimate of drug-likeness (QED) is 0.760. The summed E-state index contributed by atoms with van der Waals surface area (Å²) in [5, 5.41) is 3.96. The van der Waals surface area contributed by atoms with E-state index in [1.54, 1.807) is 18.3 Å². The molecule has 84 valence electrons. The molecule has 1 rings (SSSR count). The second kappa shape index (κ2) is 6.64. The fourth-order valence-electron chi connectivity index (χ4n) is 1.05. The maximum atomic E-state index is 5.70. The van der Waals surface area contributed by atoms with Gasteiger partial charge in [0.2, 0.25) is 5.88 Å². The molecule has 1 N–H and O–H groups in total. The van der Waals surface area contributed by atoms with Crippen LogP contribution in [0.3, 0.4) is 0 Å². The maximum Gasteiger partial charge on any atom is 0.213 e. The monoisotopic (exact) mass is 228 g/mol. The molecule has 4 heteroatoms. The summed E-state index contributed by atoms with van der Waals surface area (Å²) in [6, 6.07) is 4.07. The lowest BCUT2D eigenvalue weighted by atomic mass is 10.3. The van der Waals surface area contributed by atoms with Crippen LogP contribution in [0.5, 0.6) is 5.88 Å². The predicted molar refractivity (Wildman–Crippen MR) is 62.5 cm³/mol. The van der Waals surface area contributed by atoms with Crippen molar-refractivity contribution in [1.29, 1.82) is 0 Å². The van der Waals surface area contributed by atoms with Crippen LogP contribution in [0.2, 0.25) is 5.02 Å². The number of rotatable bonds is 6. The fourth-order valence-corrected chi connectivity index (χ4v) is 1.16. The van der Waals surface area contributed by atoms with Gasteiger partial charge in [-0.1, -0.05) is 18.5 Å². The first kappa shape index (κ1) is 12.3. The normalized spacial score (nSPS) is 12.5. The molecule has 3 nitrogen and oxygen atoms in total. The third kappa shape index (κ3) is 5.00. The molecule has 1 atom stereocenters. The summed E-state index contributed by atoms with van der Waals surface area (Å²) in [4.78, 5) is 4.03. The van der Waals surface area contributed by atoms with Gasteiger partial charge in [0, 0.05) is 24.8 Å². The van der Waals surface area contributed by atoms with E-state index >= 15 is 0 Å². The first-order valence-electron chi connectivity index (χ1n) is 5.20. The molecule has 0 amide bonds. The van der Waals surface area contributed by atoms with Crippen LogP contribution in [-0.4, -0.2) is 24.2 Å². The van der Waals surface area contributed by atoms with Gasteiger partial charge in [-0.05, 0) is 19.4 Å². The van der Waals surface area contributed by atoms with Gasteiger partial charge in [-0.3, -0.25) is 0 Å². The van der Waals surface area contributed by atoms with Crippen molar-refractivity contribution in [2.24, 2.45) is 0 Å². The standard InChI is InChI=1S/C11H17ClN2O/c1-3-9(2)13-6-7-15-11-5-4-10(12)8-14-11/h4-5,8-9,13H,3,6-7H2,1-2H3. The van der Waals surface area contributed by atoms with Crippen molar-refractivity contribution < 1.29 is 4.74 Å². The molecule has 0 aromatic carbocycles. The molecule has 15 heavy (non-hydrogen) atoms. The number of halogens is 1. The van der Waals surface area contributed by atoms with Crippen LogP contribution in [-0.2, 0) is 0 Å². The highest BCUT2D eigenvalue weighted by Gasteiger charge is 1.98. The third-order valence-electron chi connectivity index (χ3n) is 2.16. The van der Waals surface area contributed by atoms with Crippen molar-refractivity contribution in [2.75, 3.05) is 13.2 Å². The van der Waals surface area contributed by atoms with Crippen LogP contribution in [0.1, 0.15) is 20.3 Å². The summed E-state index contributed by atoms with van der Waals surface area (Å²) in [6.07, 6.45) is 2.71. The van der Waals surface area contributed by atoms with E-state index in [0.717, 1.165) is 13.0 Å². The molecule has 0 aliphatic heterocycles. The Balaban J connectivity index is 2.17. The van der Waals surface area contributed by atoms with Gasteiger partial charge in [0.25, 0.3) is 0 Å². The lowest BCUT2D eigenvalue weighted by Crippen LogP contribution is -2.29. The van der Waals surface area contributed by atoms with E-state index < -0.39 is 0 Å². The number of nitrogens with zero attached hydrogens (tertiary/aromatic N) is 1. The molecule has 0 aliphatic rings. The molecular weight excluding hydrogens is 212 g/mol. The summed E-state index contributed by atoms with van der Waals surface area (Å²) in [6.45, 7) is 5.76. The Kier molecular flexibility index (Phi) is 5.43. The second-order valence-corrected chi connectivity index (χ2v) is 3.86. The molecule has 0 aliphatic carbocycles. The predicted octanol–water partition coefficient (Wildman–Crippen LogP) is 2.50. The Labute approximate surface area is 95.8 Å². The van der Waals surface area contributed by atoms with Crippen LogP contribution in [0.4, 0.5) is 0 Å². The van der Waals surface area contributed by atoms with Crippen molar-refractivity contribution >= 4 is 11.6 Å². The van der Waals surface area contributed by atoms with E-state index in [0.29, 0.717) is 23.6 Å². The summed E-state index contributed by atoms with van der Waals surface area (Å²) in [5.74, 6) is 0.616. The molecule has 0 radical (unpaired) electrons. The smallest absolute Gasteiger partial charge is 0.213 e. The Bertz CT molecular complexity index is 276. The lowest BCUT2D eigenvalue weighted by molar-refractivity contribution is 0.295. The molecule has 0 saturated carbocycles. The van der Waals surface area contributed by atoms with Gasteiger partial charge in [-0.25, -0.2) is 4.98 Å². The average Bonchev–Trinajstić information content (AvgIpc) is 2.26. The molecular formula is C11H17ClN2O. The van der Waals surface area contributed by atoms with Gasteiger partial charge < -0.3 is 10.1 Å². The van der Waals surface area contributed by atoms with Crippen LogP contribution in [0.25, 0.3) is 0 Å². The zero-order chi connectivity index (χ0) is 11.1. The number of ether oxygens (including phenoxy) is 1. The van der Waals surface area contributed by atoms with Gasteiger partial charge >= 0.3 is 0 Å². The first-order chi connectivity index (χ1) is 7.22. The maximum absolute atomic E-state index is 5.70. The highest BCUT2D eigenvalue weighted by Crippen LogP contribution is 2.10. The minimum Gasteiger partial charge on any atom is -0.476 e. The Hall–Kier alpha value is -0.800. The van der Waals surface area contributed by atoms with Gasteiger partial charge in [0.1, 0.15) is 6.61 Å². The largest absolute Gasteiger partial charge is 0.476 e. The molecule has 1 unspecified atom stereocenters. The van der Waals surface area contributed by atoms with Crippen LogP contribution < -0.4 is 10.1 Å². The highest BCUT2D eigenvalue weighted by molar-refractivity contribution is 6.30. The van der Waals surface area contributed by atoms with E-state index in [2.05, 4.69) is 24.1 Å². The minimum absolute atomic E-state index is 0.534. The van der Waals surface area contributed by atoms with Gasteiger partial charge in [0.05, 0.1) is 5.02 Å². The zero-order valence-corrected chi connectivity index (χ0v) is 9.92. The average molecular weight is 229 g/mol. The van der Waals surface area contributed by atoms with Gasteiger partial charge in [-0.2, -0.15) is 0 Å². The molecule has 1 aromatic rings. The molecule has 0 spiro atoms. The molecule has 0 bridgehead atoms. The Morgan fingerprint density at radius 1 is 1.53 bits per heavy atom. The highest BCUT2D eigenvalue weighted by atomic mass is 35.5. The van der Waals surface area contributed by atoms with E-state index in [-0.39, 0.29) is 0 Å². The summed E-state index contributed by atoms with van der Waals surface area (Å²) in [5.41, 5.74) is 0. The molecule has 0 fully saturated rings. The van der Waals surface area contributed by atoms with Crippen LogP contribution >= 0.6 is 11.6 Å². The number of hydrogen-bond donors (Lipinski definition) is 1. The Morgan fingerprint density at radius 2 is 2.33 bits per heavy atom. The summed E-state index contributed by atoms with van der Waals surface area (Å²) >= 11 is 5.70. The van der Waals surface area contributed by atoms with Gasteiger partial charge in [0.15, 0.2) is 0 Å². The molecule has 1 heterocycles. The van der Waals surface area contributed by atoms with Crippen molar-refractivity contribution in [3.8, 4) is 5.88 Å². The minimum atomic E-state index is 0.534. The van der Waals surface area contributed by atoms with E-state index in [1.165, 1.54) is 0 Å².